The number of nitrogen functional groups attached to an aromatic ring is 1. The molecular weight excluding hydrogens is 254 g/mol. The van der Waals surface area contributed by atoms with Crippen LogP contribution in [0.4, 0.5) is 5.82 Å². The van der Waals surface area contributed by atoms with Crippen molar-refractivity contribution >= 4 is 21.7 Å². The van der Waals surface area contributed by atoms with Crippen molar-refractivity contribution in [1.29, 1.82) is 0 Å². The number of halogens is 1. The maximum atomic E-state index is 6.04. The van der Waals surface area contributed by atoms with E-state index >= 15 is 0 Å². The van der Waals surface area contributed by atoms with E-state index in [0.29, 0.717) is 5.82 Å². The van der Waals surface area contributed by atoms with Crippen LogP contribution in [0.5, 0.6) is 0 Å². The van der Waals surface area contributed by atoms with Crippen molar-refractivity contribution < 1.29 is 0 Å². The van der Waals surface area contributed by atoms with Gasteiger partial charge in [0.1, 0.15) is 5.82 Å². The first-order chi connectivity index (χ1) is 6.55. The Hall–Kier alpha value is -0.510. The first kappa shape index (κ1) is 12.6. The minimum atomic E-state index is -0.0872. The minimum Gasteiger partial charge on any atom is -0.383 e. The Morgan fingerprint density at radius 1 is 1.13 bits per heavy atom. The van der Waals surface area contributed by atoms with Gasteiger partial charge in [-0.3, -0.25) is 0 Å². The van der Waals surface area contributed by atoms with Crippen LogP contribution in [0.25, 0.3) is 0 Å². The molecule has 4 heteroatoms. The molecule has 1 aromatic rings. The molecule has 0 aliphatic heterocycles. The summed E-state index contributed by atoms with van der Waals surface area (Å²) >= 11 is 3.52. The van der Waals surface area contributed by atoms with Gasteiger partial charge in [-0.05, 0) is 36.7 Å². The second-order valence-electron chi connectivity index (χ2n) is 5.88. The van der Waals surface area contributed by atoms with Crippen molar-refractivity contribution in [2.24, 2.45) is 0 Å². The molecule has 2 N–H and O–H groups in total. The van der Waals surface area contributed by atoms with E-state index in [2.05, 4.69) is 62.6 Å². The van der Waals surface area contributed by atoms with Crippen molar-refractivity contribution in [3.8, 4) is 0 Å². The van der Waals surface area contributed by atoms with Gasteiger partial charge >= 0.3 is 0 Å². The standard InChI is InChI=1S/C11H20BrN3/c1-10(2,3)8-7(12)9(13)15(14-8)11(4,5)6/h13H2,1-6H3. The first-order valence-electron chi connectivity index (χ1n) is 5.10. The fourth-order valence-corrected chi connectivity index (χ4v) is 2.24. The fourth-order valence-electron chi connectivity index (χ4n) is 1.40. The highest BCUT2D eigenvalue weighted by molar-refractivity contribution is 9.10. The quantitative estimate of drug-likeness (QED) is 0.789. The van der Waals surface area contributed by atoms with Gasteiger partial charge in [0.2, 0.25) is 0 Å². The summed E-state index contributed by atoms with van der Waals surface area (Å²) in [6.07, 6.45) is 0. The summed E-state index contributed by atoms with van der Waals surface area (Å²) in [4.78, 5) is 0. The van der Waals surface area contributed by atoms with Crippen LogP contribution in [0.2, 0.25) is 0 Å². The lowest BCUT2D eigenvalue weighted by Gasteiger charge is -2.21. The van der Waals surface area contributed by atoms with Crippen LogP contribution >= 0.6 is 15.9 Å². The second kappa shape index (κ2) is 3.51. The smallest absolute Gasteiger partial charge is 0.137 e. The molecular formula is C11H20BrN3. The third-order valence-electron chi connectivity index (χ3n) is 2.21. The summed E-state index contributed by atoms with van der Waals surface area (Å²) in [6.45, 7) is 12.7. The third kappa shape index (κ3) is 2.36. The summed E-state index contributed by atoms with van der Waals surface area (Å²) in [5.41, 5.74) is 6.97. The Labute approximate surface area is 100 Å². The lowest BCUT2D eigenvalue weighted by molar-refractivity contribution is 0.354. The summed E-state index contributed by atoms with van der Waals surface area (Å²) in [7, 11) is 0. The normalized spacial score (nSPS) is 13.3. The number of nitrogens with two attached hydrogens (primary N) is 1. The number of hydrogen-bond donors (Lipinski definition) is 1. The van der Waals surface area contributed by atoms with E-state index in [4.69, 9.17) is 5.73 Å². The first-order valence-corrected chi connectivity index (χ1v) is 5.89. The number of aromatic nitrogens is 2. The average Bonchev–Trinajstić information content (AvgIpc) is 2.26. The molecule has 0 unspecified atom stereocenters. The molecule has 0 spiro atoms. The van der Waals surface area contributed by atoms with Crippen molar-refractivity contribution in [3.63, 3.8) is 0 Å². The van der Waals surface area contributed by atoms with Gasteiger partial charge in [-0.1, -0.05) is 20.8 Å². The molecule has 3 nitrogen and oxygen atoms in total. The van der Waals surface area contributed by atoms with Crippen LogP contribution in [0.3, 0.4) is 0 Å². The molecule has 1 heterocycles. The number of rotatable bonds is 0. The van der Waals surface area contributed by atoms with E-state index in [0.717, 1.165) is 10.2 Å². The number of hydrogen-bond acceptors (Lipinski definition) is 2. The van der Waals surface area contributed by atoms with Crippen LogP contribution in [0, 0.1) is 0 Å². The molecule has 0 saturated carbocycles. The van der Waals surface area contributed by atoms with Crippen molar-refractivity contribution in [1.82, 2.24) is 9.78 Å². The van der Waals surface area contributed by atoms with E-state index in [-0.39, 0.29) is 11.0 Å². The van der Waals surface area contributed by atoms with Gasteiger partial charge in [0.15, 0.2) is 0 Å². The predicted molar refractivity (Wildman–Crippen MR) is 68.0 cm³/mol. The zero-order valence-electron chi connectivity index (χ0n) is 10.3. The largest absolute Gasteiger partial charge is 0.383 e. The zero-order valence-corrected chi connectivity index (χ0v) is 11.9. The van der Waals surface area contributed by atoms with Crippen molar-refractivity contribution in [2.45, 2.75) is 52.5 Å². The van der Waals surface area contributed by atoms with Crippen molar-refractivity contribution in [3.05, 3.63) is 10.2 Å². The highest BCUT2D eigenvalue weighted by atomic mass is 79.9. The van der Waals surface area contributed by atoms with Gasteiger partial charge in [-0.2, -0.15) is 5.10 Å². The SMILES string of the molecule is CC(C)(C)c1nn(C(C)(C)C)c(N)c1Br. The van der Waals surface area contributed by atoms with Gasteiger partial charge < -0.3 is 5.73 Å². The van der Waals surface area contributed by atoms with E-state index in [9.17, 15) is 0 Å². The van der Waals surface area contributed by atoms with Gasteiger partial charge in [0, 0.05) is 5.41 Å². The van der Waals surface area contributed by atoms with E-state index in [1.165, 1.54) is 0 Å². The van der Waals surface area contributed by atoms with Crippen LogP contribution in [-0.2, 0) is 11.0 Å². The Morgan fingerprint density at radius 2 is 1.60 bits per heavy atom. The highest BCUT2D eigenvalue weighted by Crippen LogP contribution is 2.35. The molecule has 86 valence electrons. The molecule has 0 atom stereocenters. The summed E-state index contributed by atoms with van der Waals surface area (Å²) in [5, 5.41) is 4.60. The molecule has 1 aromatic heterocycles. The van der Waals surface area contributed by atoms with E-state index in [1.54, 1.807) is 0 Å². The maximum Gasteiger partial charge on any atom is 0.137 e. The molecule has 0 aliphatic carbocycles. The molecule has 0 fully saturated rings. The minimum absolute atomic E-state index is 0.00343. The fraction of sp³-hybridized carbons (Fsp3) is 0.727. The zero-order chi connectivity index (χ0) is 12.0. The van der Waals surface area contributed by atoms with E-state index < -0.39 is 0 Å². The number of anilines is 1. The van der Waals surface area contributed by atoms with Gasteiger partial charge in [-0.25, -0.2) is 4.68 Å². The van der Waals surface area contributed by atoms with Crippen LogP contribution < -0.4 is 5.73 Å². The highest BCUT2D eigenvalue weighted by Gasteiger charge is 2.28. The summed E-state index contributed by atoms with van der Waals surface area (Å²) in [6, 6.07) is 0. The molecule has 0 amide bonds. The van der Waals surface area contributed by atoms with Gasteiger partial charge in [0.05, 0.1) is 15.7 Å². The molecule has 0 aromatic carbocycles. The Kier molecular flexibility index (Phi) is 2.94. The monoisotopic (exact) mass is 273 g/mol. The number of nitrogens with zero attached hydrogens (tertiary/aromatic N) is 2. The van der Waals surface area contributed by atoms with Crippen LogP contribution in [-0.4, -0.2) is 9.78 Å². The Bertz CT molecular complexity index is 332. The lowest BCUT2D eigenvalue weighted by atomic mass is 9.92. The molecule has 0 aliphatic rings. The summed E-state index contributed by atoms with van der Waals surface area (Å²) < 4.78 is 2.79. The molecule has 0 radical (unpaired) electrons. The molecule has 15 heavy (non-hydrogen) atoms. The third-order valence-corrected chi connectivity index (χ3v) is 2.99. The molecule has 0 saturated heterocycles. The van der Waals surface area contributed by atoms with Gasteiger partial charge in [-0.15, -0.1) is 0 Å². The van der Waals surface area contributed by atoms with Crippen LogP contribution in [0.15, 0.2) is 4.47 Å². The second-order valence-corrected chi connectivity index (χ2v) is 6.67. The molecule has 0 bridgehead atoms. The van der Waals surface area contributed by atoms with Crippen molar-refractivity contribution in [2.75, 3.05) is 5.73 Å². The summed E-state index contributed by atoms with van der Waals surface area (Å²) in [5.74, 6) is 0.701. The average molecular weight is 274 g/mol. The molecule has 1 rings (SSSR count). The van der Waals surface area contributed by atoms with Gasteiger partial charge in [0.25, 0.3) is 0 Å². The topological polar surface area (TPSA) is 43.8 Å². The Balaban J connectivity index is 3.38. The van der Waals surface area contributed by atoms with E-state index in [1.807, 2.05) is 4.68 Å². The lowest BCUT2D eigenvalue weighted by Crippen LogP contribution is -2.25. The predicted octanol–water partition coefficient (Wildman–Crippen LogP) is 3.28. The van der Waals surface area contributed by atoms with Crippen LogP contribution in [0.1, 0.15) is 47.2 Å². The maximum absolute atomic E-state index is 6.04. The Morgan fingerprint density at radius 3 is 1.80 bits per heavy atom.